The molecule has 0 saturated carbocycles. The van der Waals surface area contributed by atoms with Gasteiger partial charge in [0.25, 0.3) is 0 Å². The largest absolute Gasteiger partial charge is 0.462 e. The minimum atomic E-state index is -4.56. The van der Waals surface area contributed by atoms with Gasteiger partial charge in [0.15, 0.2) is 23.2 Å². The lowest BCUT2D eigenvalue weighted by atomic mass is 9.99. The number of sulfonamides is 1. The maximum atomic E-state index is 14.0. The monoisotopic (exact) mass is 677 g/mol. The van der Waals surface area contributed by atoms with Crippen molar-refractivity contribution in [2.45, 2.75) is 64.1 Å². The molecule has 2 aromatic heterocycles. The number of hydrogen-bond donors (Lipinski definition) is 4. The molecule has 1 fully saturated rings. The molecule has 0 aliphatic carbocycles. The van der Waals surface area contributed by atoms with Crippen LogP contribution in [0.25, 0.3) is 11.2 Å². The Labute approximate surface area is 258 Å². The summed E-state index contributed by atoms with van der Waals surface area (Å²) < 4.78 is 61.1. The van der Waals surface area contributed by atoms with E-state index in [0.29, 0.717) is 5.02 Å². The fraction of sp³-hybridized carbons (Fsp3) is 0.500. The van der Waals surface area contributed by atoms with E-state index in [2.05, 4.69) is 24.9 Å². The Morgan fingerprint density at radius 1 is 1.23 bits per heavy atom. The lowest BCUT2D eigenvalue weighted by Gasteiger charge is -2.28. The number of nitrogens with one attached hydrogen (secondary N) is 2. The molecule has 6 atom stereocenters. The van der Waals surface area contributed by atoms with E-state index >= 15 is 0 Å². The van der Waals surface area contributed by atoms with Crippen molar-refractivity contribution in [1.82, 2.24) is 29.4 Å². The Bertz CT molecular complexity index is 1660. The maximum Gasteiger partial charge on any atom is 0.461 e. The molecule has 1 aliphatic heterocycles. The van der Waals surface area contributed by atoms with E-state index in [9.17, 15) is 28.0 Å². The number of carbonyl (C=O) groups excluding carboxylic acids is 1. The van der Waals surface area contributed by atoms with E-state index in [1.54, 1.807) is 13.8 Å². The molecule has 3 heterocycles. The molecule has 1 aliphatic rings. The van der Waals surface area contributed by atoms with Gasteiger partial charge in [0.1, 0.15) is 29.8 Å². The Morgan fingerprint density at radius 2 is 1.89 bits per heavy atom. The molecule has 1 saturated heterocycles. The highest BCUT2D eigenvalue weighted by Gasteiger charge is 2.56. The van der Waals surface area contributed by atoms with Gasteiger partial charge in [-0.3, -0.25) is 18.9 Å². The molecule has 1 aromatic carbocycles. The molecule has 3 aromatic rings. The summed E-state index contributed by atoms with van der Waals surface area (Å²) >= 11 is 5.94. The van der Waals surface area contributed by atoms with Gasteiger partial charge in [-0.25, -0.2) is 27.9 Å². The number of aromatic nitrogens is 4. The SMILES string of the molecule is CC(C)OC(=O)[C@H](C)NP(=O)(Oc1ccc(Cl)cc1)OC1O[C@@H](n2cnc3c(N(C)NS(C)(=O)=O)ncnc32)[C@](C)(O)C1O. The standard InChI is InChI=1S/C24H33ClN7O10PS/c1-13(2)39-21(34)14(3)29-43(36,41-16-9-7-15(25)8-10-16)42-22-18(33)24(4,35)23(40-22)32-12-28-17-19(26-11-27-20(17)32)31(5)30-44(6,37)38/h7-14,18,22-23,30,33,35H,1-6H3,(H,29,36)/t14-,18?,22?,23+,24+,43?/m0/s1. The first-order valence-corrected chi connectivity index (χ1v) is 16.9. The topological polar surface area (TPSA) is 217 Å². The molecule has 0 bridgehead atoms. The van der Waals surface area contributed by atoms with Gasteiger partial charge in [-0.15, -0.1) is 4.83 Å². The van der Waals surface area contributed by atoms with Gasteiger partial charge in [-0.1, -0.05) is 11.6 Å². The van der Waals surface area contributed by atoms with Gasteiger partial charge in [0, 0.05) is 12.1 Å². The normalized spacial score (nSPS) is 24.3. The average Bonchev–Trinajstić information content (AvgIpc) is 3.42. The number of carbonyl (C=O) groups is 1. The number of hydrogen-bond acceptors (Lipinski definition) is 14. The van der Waals surface area contributed by atoms with Crippen LogP contribution in [-0.2, 0) is 33.4 Å². The zero-order valence-electron chi connectivity index (χ0n) is 24.5. The Balaban J connectivity index is 1.65. The summed E-state index contributed by atoms with van der Waals surface area (Å²) in [4.78, 5) is 27.3. The van der Waals surface area contributed by atoms with E-state index in [1.807, 2.05) is 0 Å². The molecule has 0 amide bonds. The zero-order chi connectivity index (χ0) is 32.6. The van der Waals surface area contributed by atoms with Crippen molar-refractivity contribution in [2.75, 3.05) is 18.3 Å². The zero-order valence-corrected chi connectivity index (χ0v) is 26.9. The first-order chi connectivity index (χ1) is 20.4. The highest BCUT2D eigenvalue weighted by molar-refractivity contribution is 7.88. The number of nitrogens with zero attached hydrogens (tertiary/aromatic N) is 5. The van der Waals surface area contributed by atoms with Crippen molar-refractivity contribution in [3.8, 4) is 5.75 Å². The minimum absolute atomic E-state index is 0.0436. The summed E-state index contributed by atoms with van der Waals surface area (Å²) in [5.41, 5.74) is -1.87. The molecule has 0 radical (unpaired) electrons. The van der Waals surface area contributed by atoms with Gasteiger partial charge in [0.05, 0.1) is 18.7 Å². The van der Waals surface area contributed by atoms with Gasteiger partial charge in [0.2, 0.25) is 16.3 Å². The fourth-order valence-electron chi connectivity index (χ4n) is 4.21. The predicted octanol–water partition coefficient (Wildman–Crippen LogP) is 1.48. The number of fused-ring (bicyclic) bond motifs is 1. The maximum absolute atomic E-state index is 14.0. The van der Waals surface area contributed by atoms with Crippen molar-refractivity contribution >= 4 is 52.3 Å². The van der Waals surface area contributed by atoms with Crippen molar-refractivity contribution in [1.29, 1.82) is 0 Å². The van der Waals surface area contributed by atoms with Crippen molar-refractivity contribution < 1.29 is 46.5 Å². The van der Waals surface area contributed by atoms with Crippen LogP contribution in [0.5, 0.6) is 5.75 Å². The van der Waals surface area contributed by atoms with Crippen LogP contribution >= 0.6 is 19.3 Å². The smallest absolute Gasteiger partial charge is 0.461 e. The predicted molar refractivity (Wildman–Crippen MR) is 157 cm³/mol. The Hall–Kier alpha value is -2.93. The number of anilines is 1. The van der Waals surface area contributed by atoms with Crippen LogP contribution in [0.15, 0.2) is 36.9 Å². The Morgan fingerprint density at radius 3 is 2.50 bits per heavy atom. The number of esters is 1. The number of aliphatic hydroxyl groups excluding tert-OH is 1. The summed E-state index contributed by atoms with van der Waals surface area (Å²) in [5.74, 6) is -0.628. The Kier molecular flexibility index (Phi) is 9.89. The molecule has 17 nitrogen and oxygen atoms in total. The first-order valence-electron chi connectivity index (χ1n) is 13.1. The van der Waals surface area contributed by atoms with Crippen molar-refractivity contribution in [3.63, 3.8) is 0 Å². The molecule has 20 heteroatoms. The van der Waals surface area contributed by atoms with Crippen molar-refractivity contribution in [2.24, 2.45) is 0 Å². The third-order valence-corrected chi connectivity index (χ3v) is 8.67. The molecule has 0 spiro atoms. The summed E-state index contributed by atoms with van der Waals surface area (Å²) in [5, 5.41) is 26.4. The highest BCUT2D eigenvalue weighted by atomic mass is 35.5. The summed E-state index contributed by atoms with van der Waals surface area (Å²) in [6, 6.07) is 4.57. The second-order valence-electron chi connectivity index (χ2n) is 10.5. The number of halogens is 1. The molecule has 242 valence electrons. The van der Waals surface area contributed by atoms with E-state index in [1.165, 1.54) is 56.1 Å². The number of benzene rings is 1. The lowest BCUT2D eigenvalue weighted by Crippen LogP contribution is -2.44. The number of rotatable bonds is 12. The quantitative estimate of drug-likeness (QED) is 0.121. The molecule has 4 N–H and O–H groups in total. The third-order valence-electron chi connectivity index (χ3n) is 6.17. The van der Waals surface area contributed by atoms with Gasteiger partial charge in [-0.05, 0) is 52.0 Å². The van der Waals surface area contributed by atoms with Crippen LogP contribution in [0.2, 0.25) is 5.02 Å². The second-order valence-corrected chi connectivity index (χ2v) is 14.3. The lowest BCUT2D eigenvalue weighted by molar-refractivity contribution is -0.149. The summed E-state index contributed by atoms with van der Waals surface area (Å²) in [6.07, 6.45) is -2.14. The molecular formula is C24H33ClN7O10PS. The first kappa shape index (κ1) is 34.0. The van der Waals surface area contributed by atoms with Crippen LogP contribution < -0.4 is 19.5 Å². The molecular weight excluding hydrogens is 645 g/mol. The molecule has 3 unspecified atom stereocenters. The van der Waals surface area contributed by atoms with Crippen LogP contribution in [0, 0.1) is 0 Å². The fourth-order valence-corrected chi connectivity index (χ4v) is 6.50. The average molecular weight is 678 g/mol. The van der Waals surface area contributed by atoms with Gasteiger partial charge in [-0.2, -0.15) is 5.09 Å². The number of hydrazine groups is 1. The highest BCUT2D eigenvalue weighted by Crippen LogP contribution is 2.51. The minimum Gasteiger partial charge on any atom is -0.462 e. The number of ether oxygens (including phenoxy) is 2. The van der Waals surface area contributed by atoms with E-state index in [4.69, 9.17) is 30.1 Å². The van der Waals surface area contributed by atoms with Crippen LogP contribution in [0.3, 0.4) is 0 Å². The van der Waals surface area contributed by atoms with E-state index < -0.39 is 60.1 Å². The molecule has 44 heavy (non-hydrogen) atoms. The number of imidazole rings is 1. The second kappa shape index (κ2) is 12.8. The van der Waals surface area contributed by atoms with Gasteiger partial charge < -0.3 is 24.2 Å². The van der Waals surface area contributed by atoms with Gasteiger partial charge >= 0.3 is 13.7 Å². The third kappa shape index (κ3) is 7.64. The van der Waals surface area contributed by atoms with E-state index in [-0.39, 0.29) is 22.7 Å². The van der Waals surface area contributed by atoms with E-state index in [0.717, 1.165) is 17.6 Å². The van der Waals surface area contributed by atoms with Crippen molar-refractivity contribution in [3.05, 3.63) is 41.9 Å². The molecule has 4 rings (SSSR count). The van der Waals surface area contributed by atoms with Crippen LogP contribution in [0.4, 0.5) is 5.82 Å². The van der Waals surface area contributed by atoms with Crippen LogP contribution in [-0.4, -0.2) is 87.6 Å². The summed E-state index contributed by atoms with van der Waals surface area (Å²) in [6.45, 7) is 5.91. The van der Waals surface area contributed by atoms with Crippen LogP contribution in [0.1, 0.15) is 33.9 Å². The summed E-state index contributed by atoms with van der Waals surface area (Å²) in [7, 11) is -6.81. The number of aliphatic hydroxyl groups is 2.